The van der Waals surface area contributed by atoms with Crippen molar-refractivity contribution in [2.45, 2.75) is 0 Å². The fraction of sp³-hybridized carbons (Fsp3) is 0. The zero-order valence-corrected chi connectivity index (χ0v) is 12.6. The molecule has 0 saturated carbocycles. The van der Waals surface area contributed by atoms with Gasteiger partial charge in [0, 0.05) is 21.3 Å². The van der Waals surface area contributed by atoms with E-state index in [0.717, 1.165) is 0 Å². The standard InChI is InChI=1S/C16H9Cl2FN2O/c17-14-2-1-3-15(18)13(14)8-10(9-20)16(22)21-12-6-4-11(19)5-7-12/h1-8H,(H,21,22). The van der Waals surface area contributed by atoms with Crippen molar-refractivity contribution < 1.29 is 9.18 Å². The average Bonchev–Trinajstić information content (AvgIpc) is 2.49. The van der Waals surface area contributed by atoms with E-state index in [9.17, 15) is 9.18 Å². The van der Waals surface area contributed by atoms with Crippen molar-refractivity contribution in [2.24, 2.45) is 0 Å². The van der Waals surface area contributed by atoms with E-state index in [1.807, 2.05) is 0 Å². The van der Waals surface area contributed by atoms with E-state index in [0.29, 0.717) is 21.3 Å². The molecule has 0 aliphatic carbocycles. The van der Waals surface area contributed by atoms with E-state index >= 15 is 0 Å². The van der Waals surface area contributed by atoms with E-state index in [1.54, 1.807) is 24.3 Å². The van der Waals surface area contributed by atoms with Crippen LogP contribution in [0, 0.1) is 17.1 Å². The van der Waals surface area contributed by atoms with Crippen LogP contribution in [0.15, 0.2) is 48.0 Å². The number of carbonyl (C=O) groups is 1. The van der Waals surface area contributed by atoms with Gasteiger partial charge in [0.05, 0.1) is 0 Å². The first kappa shape index (κ1) is 16.0. The summed E-state index contributed by atoms with van der Waals surface area (Å²) in [6, 6.07) is 11.9. The molecule has 0 unspecified atom stereocenters. The summed E-state index contributed by atoms with van der Waals surface area (Å²) in [5.41, 5.74) is 0.591. The van der Waals surface area contributed by atoms with Crippen molar-refractivity contribution in [1.82, 2.24) is 0 Å². The molecule has 6 heteroatoms. The lowest BCUT2D eigenvalue weighted by atomic mass is 10.1. The molecule has 2 aromatic rings. The molecule has 0 aliphatic rings. The lowest BCUT2D eigenvalue weighted by Gasteiger charge is -2.05. The van der Waals surface area contributed by atoms with E-state index < -0.39 is 11.7 Å². The van der Waals surface area contributed by atoms with Crippen LogP contribution < -0.4 is 5.32 Å². The summed E-state index contributed by atoms with van der Waals surface area (Å²) >= 11 is 12.0. The number of hydrogen-bond donors (Lipinski definition) is 1. The van der Waals surface area contributed by atoms with Crippen LogP contribution in [-0.2, 0) is 4.79 Å². The van der Waals surface area contributed by atoms with E-state index in [2.05, 4.69) is 5.32 Å². The smallest absolute Gasteiger partial charge is 0.266 e. The van der Waals surface area contributed by atoms with E-state index in [-0.39, 0.29) is 5.57 Å². The molecule has 0 spiro atoms. The molecule has 0 aliphatic heterocycles. The minimum Gasteiger partial charge on any atom is -0.321 e. The molecule has 2 aromatic carbocycles. The van der Waals surface area contributed by atoms with Gasteiger partial charge in [-0.3, -0.25) is 4.79 Å². The van der Waals surface area contributed by atoms with Gasteiger partial charge >= 0.3 is 0 Å². The summed E-state index contributed by atoms with van der Waals surface area (Å²) in [6.07, 6.45) is 1.31. The Labute approximate surface area is 136 Å². The van der Waals surface area contributed by atoms with E-state index in [4.69, 9.17) is 28.5 Å². The Hall–Kier alpha value is -2.35. The second-order valence-electron chi connectivity index (χ2n) is 4.27. The number of nitrogens with zero attached hydrogens (tertiary/aromatic N) is 1. The third-order valence-corrected chi connectivity index (χ3v) is 3.41. The monoisotopic (exact) mass is 334 g/mol. The molecule has 0 bridgehead atoms. The summed E-state index contributed by atoms with van der Waals surface area (Å²) in [6.45, 7) is 0. The van der Waals surface area contributed by atoms with Crippen molar-refractivity contribution in [2.75, 3.05) is 5.32 Å². The number of hydrogen-bond acceptors (Lipinski definition) is 2. The van der Waals surface area contributed by atoms with Gasteiger partial charge in [0.15, 0.2) is 0 Å². The van der Waals surface area contributed by atoms with Gasteiger partial charge in [-0.25, -0.2) is 4.39 Å². The number of benzene rings is 2. The largest absolute Gasteiger partial charge is 0.321 e. The van der Waals surface area contributed by atoms with E-state index in [1.165, 1.54) is 30.3 Å². The Balaban J connectivity index is 2.28. The number of nitriles is 1. The number of rotatable bonds is 3. The molecule has 22 heavy (non-hydrogen) atoms. The minimum absolute atomic E-state index is 0.167. The van der Waals surface area contributed by atoms with Gasteiger partial charge in [-0.2, -0.15) is 5.26 Å². The first-order valence-electron chi connectivity index (χ1n) is 6.14. The maximum Gasteiger partial charge on any atom is 0.266 e. The maximum atomic E-state index is 12.8. The predicted octanol–water partition coefficient (Wildman–Crippen LogP) is 4.68. The Bertz CT molecular complexity index is 759. The Kier molecular flexibility index (Phi) is 5.16. The van der Waals surface area contributed by atoms with Crippen molar-refractivity contribution in [1.29, 1.82) is 5.26 Å². The topological polar surface area (TPSA) is 52.9 Å². The van der Waals surface area contributed by atoms with Crippen LogP contribution in [0.3, 0.4) is 0 Å². The lowest BCUT2D eigenvalue weighted by molar-refractivity contribution is -0.112. The number of anilines is 1. The van der Waals surface area contributed by atoms with Gasteiger partial charge in [0.25, 0.3) is 5.91 Å². The van der Waals surface area contributed by atoms with Crippen molar-refractivity contribution in [3.05, 3.63) is 69.5 Å². The summed E-state index contributed by atoms with van der Waals surface area (Å²) in [4.78, 5) is 12.1. The van der Waals surface area contributed by atoms with Crippen LogP contribution in [0.5, 0.6) is 0 Å². The van der Waals surface area contributed by atoms with Crippen LogP contribution >= 0.6 is 23.2 Å². The third kappa shape index (κ3) is 3.85. The van der Waals surface area contributed by atoms with Gasteiger partial charge < -0.3 is 5.32 Å². The highest BCUT2D eigenvalue weighted by molar-refractivity contribution is 6.37. The molecule has 0 radical (unpaired) electrons. The first-order valence-corrected chi connectivity index (χ1v) is 6.89. The Morgan fingerprint density at radius 1 is 1.14 bits per heavy atom. The molecule has 3 nitrogen and oxygen atoms in total. The summed E-state index contributed by atoms with van der Waals surface area (Å²) < 4.78 is 12.8. The van der Waals surface area contributed by atoms with Crippen LogP contribution in [-0.4, -0.2) is 5.91 Å². The molecular weight excluding hydrogens is 326 g/mol. The zero-order valence-electron chi connectivity index (χ0n) is 11.1. The molecule has 1 N–H and O–H groups in total. The van der Waals surface area contributed by atoms with Crippen LogP contribution in [0.1, 0.15) is 5.56 Å². The summed E-state index contributed by atoms with van der Waals surface area (Å²) in [7, 11) is 0. The first-order chi connectivity index (χ1) is 10.5. The molecule has 1 amide bonds. The minimum atomic E-state index is -0.634. The average molecular weight is 335 g/mol. The van der Waals surface area contributed by atoms with Crippen molar-refractivity contribution >= 4 is 40.9 Å². The quantitative estimate of drug-likeness (QED) is 0.654. The highest BCUT2D eigenvalue weighted by Crippen LogP contribution is 2.26. The molecule has 0 aromatic heterocycles. The van der Waals surface area contributed by atoms with Gasteiger partial charge in [0.2, 0.25) is 0 Å². The number of amides is 1. The highest BCUT2D eigenvalue weighted by atomic mass is 35.5. The van der Waals surface area contributed by atoms with Gasteiger partial charge in [-0.15, -0.1) is 0 Å². The molecule has 0 heterocycles. The molecule has 0 fully saturated rings. The Morgan fingerprint density at radius 2 is 1.73 bits per heavy atom. The van der Waals surface area contributed by atoms with Crippen LogP contribution in [0.2, 0.25) is 10.0 Å². The molecule has 0 atom stereocenters. The van der Waals surface area contributed by atoms with Crippen LogP contribution in [0.4, 0.5) is 10.1 Å². The number of carbonyl (C=O) groups excluding carboxylic acids is 1. The molecule has 0 saturated heterocycles. The molecular formula is C16H9Cl2FN2O. The van der Waals surface area contributed by atoms with Crippen LogP contribution in [0.25, 0.3) is 6.08 Å². The predicted molar refractivity (Wildman–Crippen MR) is 85.1 cm³/mol. The highest BCUT2D eigenvalue weighted by Gasteiger charge is 2.12. The summed E-state index contributed by atoms with van der Waals surface area (Å²) in [5.74, 6) is -1.05. The third-order valence-electron chi connectivity index (χ3n) is 2.76. The number of nitrogens with one attached hydrogen (secondary N) is 1. The molecule has 2 rings (SSSR count). The maximum absolute atomic E-state index is 12.8. The van der Waals surface area contributed by atoms with Crippen molar-refractivity contribution in [3.63, 3.8) is 0 Å². The molecule has 110 valence electrons. The van der Waals surface area contributed by atoms with Gasteiger partial charge in [-0.1, -0.05) is 29.3 Å². The SMILES string of the molecule is N#CC(=Cc1c(Cl)cccc1Cl)C(=O)Nc1ccc(F)cc1. The normalized spacial score (nSPS) is 10.9. The van der Waals surface area contributed by atoms with Gasteiger partial charge in [-0.05, 0) is 42.5 Å². The van der Waals surface area contributed by atoms with Gasteiger partial charge in [0.1, 0.15) is 17.5 Å². The second-order valence-corrected chi connectivity index (χ2v) is 5.08. The Morgan fingerprint density at radius 3 is 2.27 bits per heavy atom. The lowest BCUT2D eigenvalue weighted by Crippen LogP contribution is -2.13. The summed E-state index contributed by atoms with van der Waals surface area (Å²) in [5, 5.41) is 12.3. The zero-order chi connectivity index (χ0) is 16.1. The fourth-order valence-corrected chi connectivity index (χ4v) is 2.18. The fourth-order valence-electron chi connectivity index (χ4n) is 1.67. The second kappa shape index (κ2) is 7.08. The van der Waals surface area contributed by atoms with Crippen molar-refractivity contribution in [3.8, 4) is 6.07 Å². The number of halogens is 3.